The molecule has 2 rings (SSSR count). The molecule has 0 spiro atoms. The van der Waals surface area contributed by atoms with Gasteiger partial charge in [-0.2, -0.15) is 5.10 Å². The Bertz CT molecular complexity index is 343. The normalized spacial score (nSPS) is 25.2. The van der Waals surface area contributed by atoms with Gasteiger partial charge in [-0.05, 0) is 45.2 Å². The second-order valence-corrected chi connectivity index (χ2v) is 4.67. The fourth-order valence-electron chi connectivity index (χ4n) is 2.78. The van der Waals surface area contributed by atoms with Crippen LogP contribution in [-0.4, -0.2) is 22.9 Å². The van der Waals surface area contributed by atoms with E-state index >= 15 is 0 Å². The van der Waals surface area contributed by atoms with E-state index in [4.69, 9.17) is 5.10 Å². The summed E-state index contributed by atoms with van der Waals surface area (Å²) in [4.78, 5) is 0. The predicted molar refractivity (Wildman–Crippen MR) is 66.7 cm³/mol. The molecule has 16 heavy (non-hydrogen) atoms. The van der Waals surface area contributed by atoms with Crippen LogP contribution in [0, 0.1) is 0 Å². The lowest BCUT2D eigenvalue weighted by molar-refractivity contribution is 0.372. The number of aromatic nitrogens is 2. The Balaban J connectivity index is 2.27. The Kier molecular flexibility index (Phi) is 3.64. The van der Waals surface area contributed by atoms with Gasteiger partial charge in [-0.25, -0.2) is 0 Å². The van der Waals surface area contributed by atoms with Gasteiger partial charge in [-0.1, -0.05) is 13.8 Å². The molecule has 1 N–H and O–H groups in total. The summed E-state index contributed by atoms with van der Waals surface area (Å²) in [5.41, 5.74) is 2.63. The van der Waals surface area contributed by atoms with Gasteiger partial charge >= 0.3 is 0 Å². The molecule has 0 aromatic carbocycles. The summed E-state index contributed by atoms with van der Waals surface area (Å²) in [7, 11) is 2.07. The van der Waals surface area contributed by atoms with Crippen LogP contribution in [0.25, 0.3) is 0 Å². The molecular formula is C13H23N3. The standard InChI is InChI=1S/C13H23N3/c1-4-10-9-11(5-2)16(15-10)13-8-6-7-12(13)14-3/h9,12-14H,4-8H2,1-3H3. The molecule has 90 valence electrons. The van der Waals surface area contributed by atoms with Gasteiger partial charge in [0.25, 0.3) is 0 Å². The first kappa shape index (κ1) is 11.6. The van der Waals surface area contributed by atoms with E-state index in [1.54, 1.807) is 0 Å². The first-order chi connectivity index (χ1) is 7.80. The van der Waals surface area contributed by atoms with E-state index in [2.05, 4.69) is 37.0 Å². The van der Waals surface area contributed by atoms with Crippen molar-refractivity contribution >= 4 is 0 Å². The smallest absolute Gasteiger partial charge is 0.0675 e. The molecule has 1 saturated carbocycles. The molecule has 3 nitrogen and oxygen atoms in total. The molecule has 0 amide bonds. The molecule has 2 unspecified atom stereocenters. The van der Waals surface area contributed by atoms with Crippen molar-refractivity contribution in [2.75, 3.05) is 7.05 Å². The lowest BCUT2D eigenvalue weighted by Crippen LogP contribution is -2.32. The minimum Gasteiger partial charge on any atom is -0.315 e. The van der Waals surface area contributed by atoms with Crippen LogP contribution in [0.1, 0.15) is 50.5 Å². The summed E-state index contributed by atoms with van der Waals surface area (Å²) in [6.45, 7) is 4.40. The molecular weight excluding hydrogens is 198 g/mol. The zero-order chi connectivity index (χ0) is 11.5. The highest BCUT2D eigenvalue weighted by Gasteiger charge is 2.29. The van der Waals surface area contributed by atoms with Crippen LogP contribution in [0.5, 0.6) is 0 Å². The van der Waals surface area contributed by atoms with E-state index in [1.165, 1.54) is 30.7 Å². The Morgan fingerprint density at radius 1 is 1.38 bits per heavy atom. The quantitative estimate of drug-likeness (QED) is 0.845. The molecule has 2 atom stereocenters. The summed E-state index contributed by atoms with van der Waals surface area (Å²) < 4.78 is 2.28. The second kappa shape index (κ2) is 5.00. The van der Waals surface area contributed by atoms with Crippen LogP contribution >= 0.6 is 0 Å². The highest BCUT2D eigenvalue weighted by molar-refractivity contribution is 5.12. The molecule has 1 fully saturated rings. The fourth-order valence-corrected chi connectivity index (χ4v) is 2.78. The van der Waals surface area contributed by atoms with Crippen LogP contribution < -0.4 is 5.32 Å². The number of hydrogen-bond donors (Lipinski definition) is 1. The first-order valence-electron chi connectivity index (χ1n) is 6.54. The minimum atomic E-state index is 0.570. The van der Waals surface area contributed by atoms with Gasteiger partial charge in [0.1, 0.15) is 0 Å². The Labute approximate surface area is 98.2 Å². The van der Waals surface area contributed by atoms with Gasteiger partial charge < -0.3 is 5.32 Å². The summed E-state index contributed by atoms with van der Waals surface area (Å²) in [5.74, 6) is 0. The van der Waals surface area contributed by atoms with E-state index in [1.807, 2.05) is 0 Å². The fraction of sp³-hybridized carbons (Fsp3) is 0.769. The molecule has 1 aromatic rings. The van der Waals surface area contributed by atoms with E-state index in [0.29, 0.717) is 12.1 Å². The van der Waals surface area contributed by atoms with Gasteiger partial charge in [0.2, 0.25) is 0 Å². The summed E-state index contributed by atoms with van der Waals surface area (Å²) in [6.07, 6.45) is 5.99. The minimum absolute atomic E-state index is 0.570. The number of aryl methyl sites for hydroxylation is 2. The molecule has 0 aliphatic heterocycles. The largest absolute Gasteiger partial charge is 0.315 e. The van der Waals surface area contributed by atoms with Gasteiger partial charge in [-0.3, -0.25) is 4.68 Å². The van der Waals surface area contributed by atoms with E-state index < -0.39 is 0 Å². The summed E-state index contributed by atoms with van der Waals surface area (Å²) in [6, 6.07) is 3.44. The highest BCUT2D eigenvalue weighted by atomic mass is 15.3. The topological polar surface area (TPSA) is 29.9 Å². The van der Waals surface area contributed by atoms with E-state index in [9.17, 15) is 0 Å². The van der Waals surface area contributed by atoms with Crippen molar-refractivity contribution in [3.63, 3.8) is 0 Å². The van der Waals surface area contributed by atoms with Gasteiger partial charge in [-0.15, -0.1) is 0 Å². The van der Waals surface area contributed by atoms with Crippen molar-refractivity contribution in [1.29, 1.82) is 0 Å². The number of rotatable bonds is 4. The van der Waals surface area contributed by atoms with Crippen molar-refractivity contribution in [3.05, 3.63) is 17.5 Å². The SMILES string of the molecule is CCc1cc(CC)n(C2CCCC2NC)n1. The third kappa shape index (κ3) is 2.01. The third-order valence-corrected chi connectivity index (χ3v) is 3.75. The van der Waals surface area contributed by atoms with Crippen molar-refractivity contribution in [2.45, 2.75) is 58.0 Å². The van der Waals surface area contributed by atoms with Gasteiger partial charge in [0, 0.05) is 11.7 Å². The van der Waals surface area contributed by atoms with Crippen molar-refractivity contribution in [1.82, 2.24) is 15.1 Å². The first-order valence-corrected chi connectivity index (χ1v) is 6.54. The van der Waals surface area contributed by atoms with E-state index in [-0.39, 0.29) is 0 Å². The summed E-state index contributed by atoms with van der Waals surface area (Å²) >= 11 is 0. The zero-order valence-corrected chi connectivity index (χ0v) is 10.7. The van der Waals surface area contributed by atoms with Crippen LogP contribution in [-0.2, 0) is 12.8 Å². The van der Waals surface area contributed by atoms with Crippen LogP contribution in [0.2, 0.25) is 0 Å². The number of hydrogen-bond acceptors (Lipinski definition) is 2. The van der Waals surface area contributed by atoms with Gasteiger partial charge in [0.15, 0.2) is 0 Å². The maximum atomic E-state index is 4.76. The molecule has 1 aromatic heterocycles. The monoisotopic (exact) mass is 221 g/mol. The average molecular weight is 221 g/mol. The predicted octanol–water partition coefficient (Wildman–Crippen LogP) is 2.32. The average Bonchev–Trinajstić information content (AvgIpc) is 2.93. The molecule has 0 radical (unpaired) electrons. The molecule has 1 aliphatic rings. The molecule has 3 heteroatoms. The Hall–Kier alpha value is -0.830. The second-order valence-electron chi connectivity index (χ2n) is 4.67. The number of likely N-dealkylation sites (N-methyl/N-ethyl adjacent to an activating group) is 1. The van der Waals surface area contributed by atoms with Crippen molar-refractivity contribution in [2.24, 2.45) is 0 Å². The third-order valence-electron chi connectivity index (χ3n) is 3.75. The highest BCUT2D eigenvalue weighted by Crippen LogP contribution is 2.31. The molecule has 0 saturated heterocycles. The summed E-state index contributed by atoms with van der Waals surface area (Å²) in [5, 5.41) is 8.19. The van der Waals surface area contributed by atoms with E-state index in [0.717, 1.165) is 12.8 Å². The van der Waals surface area contributed by atoms with Crippen LogP contribution in [0.3, 0.4) is 0 Å². The molecule has 1 heterocycles. The maximum Gasteiger partial charge on any atom is 0.0675 e. The van der Waals surface area contributed by atoms with Gasteiger partial charge in [0.05, 0.1) is 11.7 Å². The molecule has 0 bridgehead atoms. The molecule has 1 aliphatic carbocycles. The van der Waals surface area contributed by atoms with Crippen molar-refractivity contribution in [3.8, 4) is 0 Å². The number of nitrogens with zero attached hydrogens (tertiary/aromatic N) is 2. The number of nitrogens with one attached hydrogen (secondary N) is 1. The maximum absolute atomic E-state index is 4.76. The Morgan fingerprint density at radius 2 is 2.19 bits per heavy atom. The zero-order valence-electron chi connectivity index (χ0n) is 10.7. The Morgan fingerprint density at radius 3 is 2.81 bits per heavy atom. The van der Waals surface area contributed by atoms with Crippen molar-refractivity contribution < 1.29 is 0 Å². The van der Waals surface area contributed by atoms with Crippen LogP contribution in [0.15, 0.2) is 6.07 Å². The lowest BCUT2D eigenvalue weighted by Gasteiger charge is -2.21. The lowest BCUT2D eigenvalue weighted by atomic mass is 10.1. The van der Waals surface area contributed by atoms with Crippen LogP contribution in [0.4, 0.5) is 0 Å².